The molecule has 2 rings (SSSR count). The topological polar surface area (TPSA) is 32.3 Å². The zero-order valence-electron chi connectivity index (χ0n) is 7.87. The molecule has 2 nitrogen and oxygen atoms in total. The third kappa shape index (κ3) is 2.28. The Kier molecular flexibility index (Phi) is 3.44. The lowest BCUT2D eigenvalue weighted by atomic mass is 9.99. The van der Waals surface area contributed by atoms with Crippen molar-refractivity contribution in [2.24, 2.45) is 0 Å². The number of nitrogens with one attached hydrogen (secondary N) is 1. The first-order valence-electron chi connectivity index (χ1n) is 4.94. The Balaban J connectivity index is 2.03. The molecule has 0 aliphatic carbocycles. The molecule has 0 aromatic carbocycles. The molecule has 2 N–H and O–H groups in total. The van der Waals surface area contributed by atoms with Crippen molar-refractivity contribution in [1.82, 2.24) is 5.32 Å². The normalized spacial score (nSPS) is 24.9. The lowest BCUT2D eigenvalue weighted by Crippen LogP contribution is -2.38. The van der Waals surface area contributed by atoms with Crippen molar-refractivity contribution in [1.29, 1.82) is 0 Å². The van der Waals surface area contributed by atoms with Crippen LogP contribution in [0.1, 0.15) is 30.2 Å². The summed E-state index contributed by atoms with van der Waals surface area (Å²) >= 11 is 7.30. The summed E-state index contributed by atoms with van der Waals surface area (Å²) in [5.74, 6) is 0. The first-order valence-corrected chi connectivity index (χ1v) is 6.13. The number of halogens is 1. The van der Waals surface area contributed by atoms with Gasteiger partial charge in [0.2, 0.25) is 0 Å². The molecule has 4 heteroatoms. The van der Waals surface area contributed by atoms with Gasteiger partial charge in [-0.1, -0.05) is 18.0 Å². The van der Waals surface area contributed by atoms with Crippen LogP contribution in [0, 0.1) is 0 Å². The van der Waals surface area contributed by atoms with Crippen LogP contribution in [0.4, 0.5) is 0 Å². The van der Waals surface area contributed by atoms with E-state index in [1.807, 2.05) is 12.1 Å². The second-order valence-electron chi connectivity index (χ2n) is 3.64. The molecule has 0 radical (unpaired) electrons. The molecule has 2 heterocycles. The number of aliphatic hydroxyl groups is 1. The van der Waals surface area contributed by atoms with Crippen molar-refractivity contribution in [3.05, 3.63) is 21.3 Å². The molecule has 1 fully saturated rings. The quantitative estimate of drug-likeness (QED) is 0.820. The minimum absolute atomic E-state index is 0.207. The summed E-state index contributed by atoms with van der Waals surface area (Å²) in [7, 11) is 0. The highest BCUT2D eigenvalue weighted by Crippen LogP contribution is 2.30. The van der Waals surface area contributed by atoms with Crippen LogP contribution in [0.15, 0.2) is 12.1 Å². The van der Waals surface area contributed by atoms with Crippen LogP contribution >= 0.6 is 22.9 Å². The minimum Gasteiger partial charge on any atom is -0.386 e. The molecule has 1 aromatic rings. The number of aliphatic hydroxyl groups excluding tert-OH is 1. The van der Waals surface area contributed by atoms with Crippen molar-refractivity contribution in [2.45, 2.75) is 31.4 Å². The number of hydrogen-bond acceptors (Lipinski definition) is 3. The number of piperidine rings is 1. The lowest BCUT2D eigenvalue weighted by Gasteiger charge is -2.27. The van der Waals surface area contributed by atoms with Gasteiger partial charge in [-0.25, -0.2) is 0 Å². The molecular weight excluding hydrogens is 218 g/mol. The van der Waals surface area contributed by atoms with Crippen molar-refractivity contribution in [2.75, 3.05) is 6.54 Å². The summed E-state index contributed by atoms with van der Waals surface area (Å²) < 4.78 is 0.745. The first-order chi connectivity index (χ1) is 6.77. The molecule has 1 saturated heterocycles. The molecule has 1 aliphatic heterocycles. The second-order valence-corrected chi connectivity index (χ2v) is 5.39. The zero-order chi connectivity index (χ0) is 9.97. The van der Waals surface area contributed by atoms with E-state index in [2.05, 4.69) is 5.32 Å². The highest BCUT2D eigenvalue weighted by atomic mass is 35.5. The average molecular weight is 232 g/mol. The SMILES string of the molecule is OC(c1ccc(Cl)s1)C1CCCCN1. The van der Waals surface area contributed by atoms with Crippen molar-refractivity contribution < 1.29 is 5.11 Å². The maximum Gasteiger partial charge on any atom is 0.103 e. The summed E-state index contributed by atoms with van der Waals surface area (Å²) in [4.78, 5) is 0.967. The second kappa shape index (κ2) is 4.62. The Morgan fingerprint density at radius 1 is 1.50 bits per heavy atom. The molecule has 0 bridgehead atoms. The predicted molar refractivity (Wildman–Crippen MR) is 59.9 cm³/mol. The molecule has 1 aliphatic rings. The lowest BCUT2D eigenvalue weighted by molar-refractivity contribution is 0.117. The maximum absolute atomic E-state index is 10.0. The van der Waals surface area contributed by atoms with Gasteiger partial charge in [0.05, 0.1) is 4.34 Å². The fourth-order valence-corrected chi connectivity index (χ4v) is 2.95. The van der Waals surface area contributed by atoms with Gasteiger partial charge >= 0.3 is 0 Å². The standard InChI is InChI=1S/C10H14ClNOS/c11-9-5-4-8(14-9)10(13)7-3-1-2-6-12-7/h4-5,7,10,12-13H,1-3,6H2. The van der Waals surface area contributed by atoms with E-state index in [1.165, 1.54) is 24.2 Å². The van der Waals surface area contributed by atoms with E-state index in [0.29, 0.717) is 0 Å². The Hall–Kier alpha value is -0.0900. The highest BCUT2D eigenvalue weighted by Gasteiger charge is 2.23. The average Bonchev–Trinajstić information content (AvgIpc) is 2.65. The van der Waals surface area contributed by atoms with E-state index < -0.39 is 6.10 Å². The van der Waals surface area contributed by atoms with E-state index in [9.17, 15) is 5.11 Å². The summed E-state index contributed by atoms with van der Waals surface area (Å²) in [6.07, 6.45) is 3.08. The third-order valence-electron chi connectivity index (χ3n) is 2.62. The van der Waals surface area contributed by atoms with Gasteiger partial charge in [-0.15, -0.1) is 11.3 Å². The number of thiophene rings is 1. The summed E-state index contributed by atoms with van der Waals surface area (Å²) in [5.41, 5.74) is 0. The van der Waals surface area contributed by atoms with Crippen molar-refractivity contribution in [3.63, 3.8) is 0 Å². The molecule has 78 valence electrons. The predicted octanol–water partition coefficient (Wildman–Crippen LogP) is 2.58. The van der Waals surface area contributed by atoms with Crippen molar-refractivity contribution >= 4 is 22.9 Å². The van der Waals surface area contributed by atoms with Crippen molar-refractivity contribution in [3.8, 4) is 0 Å². The van der Waals surface area contributed by atoms with Crippen LogP contribution in [-0.4, -0.2) is 17.7 Å². The van der Waals surface area contributed by atoms with Crippen LogP contribution in [0.25, 0.3) is 0 Å². The smallest absolute Gasteiger partial charge is 0.103 e. The van der Waals surface area contributed by atoms with Crippen LogP contribution in [0.2, 0.25) is 4.34 Å². The molecule has 0 spiro atoms. The van der Waals surface area contributed by atoms with Gasteiger partial charge in [-0.3, -0.25) is 0 Å². The van der Waals surface area contributed by atoms with E-state index in [0.717, 1.165) is 22.2 Å². The van der Waals surface area contributed by atoms with E-state index >= 15 is 0 Å². The van der Waals surface area contributed by atoms with E-state index in [4.69, 9.17) is 11.6 Å². The van der Waals surface area contributed by atoms with Gasteiger partial charge in [-0.05, 0) is 31.5 Å². The fraction of sp³-hybridized carbons (Fsp3) is 0.600. The maximum atomic E-state index is 10.0. The molecule has 0 saturated carbocycles. The fourth-order valence-electron chi connectivity index (χ4n) is 1.83. The number of rotatable bonds is 2. The monoisotopic (exact) mass is 231 g/mol. The summed E-state index contributed by atoms with van der Waals surface area (Å²) in [6.45, 7) is 1.01. The number of hydrogen-bond donors (Lipinski definition) is 2. The minimum atomic E-state index is -0.396. The Morgan fingerprint density at radius 2 is 2.36 bits per heavy atom. The van der Waals surface area contributed by atoms with Gasteiger partial charge in [0.15, 0.2) is 0 Å². The van der Waals surface area contributed by atoms with Gasteiger partial charge in [-0.2, -0.15) is 0 Å². The molecule has 2 atom stereocenters. The van der Waals surface area contributed by atoms with Gasteiger partial charge in [0, 0.05) is 10.9 Å². The van der Waals surface area contributed by atoms with Crippen LogP contribution in [0.5, 0.6) is 0 Å². The van der Waals surface area contributed by atoms with Gasteiger partial charge in [0.1, 0.15) is 6.10 Å². The Labute approximate surface area is 92.9 Å². The molecule has 14 heavy (non-hydrogen) atoms. The Bertz CT molecular complexity index is 296. The Morgan fingerprint density at radius 3 is 2.93 bits per heavy atom. The van der Waals surface area contributed by atoms with Gasteiger partial charge in [0.25, 0.3) is 0 Å². The van der Waals surface area contributed by atoms with E-state index in [1.54, 1.807) is 0 Å². The molecule has 2 unspecified atom stereocenters. The van der Waals surface area contributed by atoms with Crippen LogP contribution in [-0.2, 0) is 0 Å². The molecular formula is C10H14ClNOS. The largest absolute Gasteiger partial charge is 0.386 e. The van der Waals surface area contributed by atoms with Crippen LogP contribution < -0.4 is 5.32 Å². The molecule has 1 aromatic heterocycles. The zero-order valence-corrected chi connectivity index (χ0v) is 9.44. The third-order valence-corrected chi connectivity index (χ3v) is 3.92. The van der Waals surface area contributed by atoms with E-state index in [-0.39, 0.29) is 6.04 Å². The molecule has 0 amide bonds. The summed E-state index contributed by atoms with van der Waals surface area (Å²) in [6, 6.07) is 3.96. The summed E-state index contributed by atoms with van der Waals surface area (Å²) in [5, 5.41) is 13.4. The first kappa shape index (κ1) is 10.4. The van der Waals surface area contributed by atoms with Crippen LogP contribution in [0.3, 0.4) is 0 Å². The van der Waals surface area contributed by atoms with Gasteiger partial charge < -0.3 is 10.4 Å². The highest BCUT2D eigenvalue weighted by molar-refractivity contribution is 7.16.